The molecule has 0 aliphatic carbocycles. The summed E-state index contributed by atoms with van der Waals surface area (Å²) in [4.78, 5) is 47.8. The molecule has 0 saturated carbocycles. The lowest BCUT2D eigenvalue weighted by molar-refractivity contribution is -0.130. The van der Waals surface area contributed by atoms with Crippen molar-refractivity contribution >= 4 is 34.2 Å². The van der Waals surface area contributed by atoms with Crippen LogP contribution in [-0.2, 0) is 19.1 Å². The molecule has 3 heterocycles. The summed E-state index contributed by atoms with van der Waals surface area (Å²) in [6.07, 6.45) is 4.41. The van der Waals surface area contributed by atoms with E-state index < -0.39 is 42.1 Å². The Bertz CT molecular complexity index is 1840. The highest BCUT2D eigenvalue weighted by molar-refractivity contribution is 7.14. The molecule has 4 N–H and O–H groups in total. The lowest BCUT2D eigenvalue weighted by atomic mass is 9.83. The molecule has 0 bridgehead atoms. The maximum absolute atomic E-state index is 14.9. The second kappa shape index (κ2) is 19.6. The molecular formula is C41H48F2N6O5S. The SMILES string of the molecule is NC(=O)C1CCCN1[C@H](C(=O)NCCCCCCNC(=O)COc1c(-c2csc(N3CCOCC3)n2)ccc(F)c1F)C(c1ccccc1)c1ccccc1. The van der Waals surface area contributed by atoms with E-state index in [9.17, 15) is 23.2 Å². The van der Waals surface area contributed by atoms with Gasteiger partial charge in [0.15, 0.2) is 23.3 Å². The monoisotopic (exact) mass is 774 g/mol. The topological polar surface area (TPSA) is 139 Å². The van der Waals surface area contributed by atoms with E-state index in [2.05, 4.69) is 20.5 Å². The number of nitrogens with zero attached hydrogens (tertiary/aromatic N) is 3. The number of amides is 3. The Morgan fingerprint density at radius 1 is 0.891 bits per heavy atom. The molecule has 4 aromatic rings. The highest BCUT2D eigenvalue weighted by atomic mass is 32.1. The summed E-state index contributed by atoms with van der Waals surface area (Å²) in [5.41, 5.74) is 8.49. The Balaban J connectivity index is 0.968. The molecule has 2 saturated heterocycles. The van der Waals surface area contributed by atoms with E-state index in [1.807, 2.05) is 65.6 Å². The van der Waals surface area contributed by atoms with E-state index >= 15 is 0 Å². The van der Waals surface area contributed by atoms with Crippen molar-refractivity contribution in [1.29, 1.82) is 0 Å². The van der Waals surface area contributed by atoms with Crippen LogP contribution in [0.2, 0.25) is 0 Å². The number of halogens is 2. The number of rotatable bonds is 18. The second-order valence-corrected chi connectivity index (χ2v) is 14.6. The van der Waals surface area contributed by atoms with Gasteiger partial charge in [0.2, 0.25) is 17.6 Å². The van der Waals surface area contributed by atoms with Crippen LogP contribution >= 0.6 is 11.3 Å². The van der Waals surface area contributed by atoms with Crippen molar-refractivity contribution in [3.63, 3.8) is 0 Å². The van der Waals surface area contributed by atoms with Gasteiger partial charge in [0.05, 0.1) is 24.9 Å². The number of hydrogen-bond acceptors (Lipinski definition) is 9. The van der Waals surface area contributed by atoms with Crippen molar-refractivity contribution < 1.29 is 32.6 Å². The first-order valence-corrected chi connectivity index (χ1v) is 19.8. The minimum atomic E-state index is -1.17. The van der Waals surface area contributed by atoms with Crippen LogP contribution in [0.1, 0.15) is 55.6 Å². The van der Waals surface area contributed by atoms with Gasteiger partial charge in [0, 0.05) is 43.0 Å². The van der Waals surface area contributed by atoms with Crippen molar-refractivity contribution in [3.8, 4) is 17.0 Å². The summed E-state index contributed by atoms with van der Waals surface area (Å²) in [5, 5.41) is 8.42. The number of carbonyl (C=O) groups excluding carboxylic acids is 3. The van der Waals surface area contributed by atoms with E-state index in [0.29, 0.717) is 64.5 Å². The average molecular weight is 775 g/mol. The van der Waals surface area contributed by atoms with Gasteiger partial charge >= 0.3 is 0 Å². The minimum absolute atomic E-state index is 0.150. The first-order valence-electron chi connectivity index (χ1n) is 18.9. The maximum Gasteiger partial charge on any atom is 0.257 e. The smallest absolute Gasteiger partial charge is 0.257 e. The van der Waals surface area contributed by atoms with E-state index in [0.717, 1.165) is 48.0 Å². The van der Waals surface area contributed by atoms with Crippen LogP contribution in [0.3, 0.4) is 0 Å². The molecule has 3 aromatic carbocycles. The lowest BCUT2D eigenvalue weighted by Crippen LogP contribution is -2.55. The summed E-state index contributed by atoms with van der Waals surface area (Å²) >= 11 is 1.39. The molecule has 1 aromatic heterocycles. The summed E-state index contributed by atoms with van der Waals surface area (Å²) in [5.74, 6) is -3.94. The fourth-order valence-electron chi connectivity index (χ4n) is 7.30. The lowest BCUT2D eigenvalue weighted by Gasteiger charge is -2.36. The maximum atomic E-state index is 14.9. The number of benzene rings is 3. The minimum Gasteiger partial charge on any atom is -0.480 e. The van der Waals surface area contributed by atoms with Gasteiger partial charge in [-0.25, -0.2) is 9.37 Å². The van der Waals surface area contributed by atoms with Crippen LogP contribution in [0.5, 0.6) is 5.75 Å². The molecule has 2 aliphatic heterocycles. The Kier molecular flexibility index (Phi) is 14.2. The Morgan fingerprint density at radius 3 is 2.20 bits per heavy atom. The van der Waals surface area contributed by atoms with Gasteiger partial charge in [-0.05, 0) is 55.5 Å². The Hall–Kier alpha value is -4.92. The summed E-state index contributed by atoms with van der Waals surface area (Å²) in [7, 11) is 0. The first kappa shape index (κ1) is 39.8. The highest BCUT2D eigenvalue weighted by Crippen LogP contribution is 2.37. The van der Waals surface area contributed by atoms with E-state index in [4.69, 9.17) is 15.2 Å². The number of nitrogens with one attached hydrogen (secondary N) is 2. The first-order chi connectivity index (χ1) is 26.8. The summed E-state index contributed by atoms with van der Waals surface area (Å²) in [6.45, 7) is 3.50. The van der Waals surface area contributed by atoms with E-state index in [-0.39, 0.29) is 23.1 Å². The number of aromatic nitrogens is 1. The van der Waals surface area contributed by atoms with Gasteiger partial charge in [-0.3, -0.25) is 19.3 Å². The quantitative estimate of drug-likeness (QED) is 0.117. The zero-order valence-electron chi connectivity index (χ0n) is 30.8. The number of primary amides is 1. The fraction of sp³-hybridized carbons (Fsp3) is 0.415. The second-order valence-electron chi connectivity index (χ2n) is 13.7. The third kappa shape index (κ3) is 10.2. The largest absolute Gasteiger partial charge is 0.480 e. The van der Waals surface area contributed by atoms with Crippen LogP contribution in [0.25, 0.3) is 11.3 Å². The molecule has 2 atom stereocenters. The molecule has 2 aliphatic rings. The number of hydrogen-bond donors (Lipinski definition) is 3. The van der Waals surface area contributed by atoms with Crippen LogP contribution in [-0.4, -0.2) is 92.2 Å². The van der Waals surface area contributed by atoms with Gasteiger partial charge in [0.25, 0.3) is 5.91 Å². The standard InChI is InChI=1S/C41H48F2N6O5S/c42-31-18-17-30(32-27-55-41(47-32)48-22-24-53-25-23-48)38(36(31)43)54-26-34(50)45-19-9-1-2-10-20-46-40(52)37(49-21-11-16-33(49)39(44)51)35(28-12-5-3-6-13-28)29-14-7-4-8-15-29/h3-8,12-15,17-18,27,33,35,37H,1-2,9-11,16,19-26H2,(H2,44,51)(H,45,50)(H,46,52)/t33?,37-/m0/s1. The fourth-order valence-corrected chi connectivity index (χ4v) is 8.18. The number of nitrogens with two attached hydrogens (primary N) is 1. The van der Waals surface area contributed by atoms with Gasteiger partial charge in [0.1, 0.15) is 6.04 Å². The third-order valence-corrected chi connectivity index (χ3v) is 11.0. The van der Waals surface area contributed by atoms with E-state index in [1.165, 1.54) is 17.4 Å². The molecule has 6 rings (SSSR count). The number of ether oxygens (including phenoxy) is 2. The zero-order valence-corrected chi connectivity index (χ0v) is 31.6. The van der Waals surface area contributed by atoms with Crippen molar-refractivity contribution in [2.45, 2.75) is 56.5 Å². The predicted octanol–water partition coefficient (Wildman–Crippen LogP) is 5.25. The van der Waals surface area contributed by atoms with E-state index in [1.54, 1.807) is 5.38 Å². The van der Waals surface area contributed by atoms with Gasteiger partial charge < -0.3 is 30.7 Å². The number of unbranched alkanes of at least 4 members (excludes halogenated alkanes) is 3. The Morgan fingerprint density at radius 2 is 1.55 bits per heavy atom. The molecular weight excluding hydrogens is 727 g/mol. The molecule has 3 amide bonds. The zero-order chi connectivity index (χ0) is 38.6. The molecule has 2 fully saturated rings. The molecule has 1 unspecified atom stereocenters. The van der Waals surface area contributed by atoms with Crippen molar-refractivity contribution in [1.82, 2.24) is 20.5 Å². The van der Waals surface area contributed by atoms with Gasteiger partial charge in [-0.2, -0.15) is 4.39 Å². The normalized spacial score (nSPS) is 16.6. The average Bonchev–Trinajstić information content (AvgIpc) is 3.91. The van der Waals surface area contributed by atoms with Crippen molar-refractivity contribution in [2.24, 2.45) is 5.73 Å². The molecule has 292 valence electrons. The number of carbonyl (C=O) groups is 3. The van der Waals surface area contributed by atoms with Crippen LogP contribution in [0, 0.1) is 11.6 Å². The number of morpholine rings is 1. The van der Waals surface area contributed by atoms with Crippen LogP contribution in [0.4, 0.5) is 13.9 Å². The third-order valence-electron chi connectivity index (χ3n) is 10.1. The number of anilines is 1. The van der Waals surface area contributed by atoms with Crippen molar-refractivity contribution in [2.75, 3.05) is 57.4 Å². The molecule has 11 nitrogen and oxygen atoms in total. The molecule has 0 spiro atoms. The molecule has 0 radical (unpaired) electrons. The number of likely N-dealkylation sites (tertiary alicyclic amines) is 1. The van der Waals surface area contributed by atoms with Crippen LogP contribution in [0.15, 0.2) is 78.2 Å². The summed E-state index contributed by atoms with van der Waals surface area (Å²) < 4.78 is 40.0. The van der Waals surface area contributed by atoms with Gasteiger partial charge in [-0.1, -0.05) is 73.5 Å². The van der Waals surface area contributed by atoms with Crippen molar-refractivity contribution in [3.05, 3.63) is 101 Å². The predicted molar refractivity (Wildman–Crippen MR) is 208 cm³/mol. The van der Waals surface area contributed by atoms with Gasteiger partial charge in [-0.15, -0.1) is 11.3 Å². The Labute approximate surface area is 324 Å². The highest BCUT2D eigenvalue weighted by Gasteiger charge is 2.42. The molecule has 14 heteroatoms. The number of thiazole rings is 1. The summed E-state index contributed by atoms with van der Waals surface area (Å²) in [6, 6.07) is 21.0. The molecule has 55 heavy (non-hydrogen) atoms. The van der Waals surface area contributed by atoms with Crippen LogP contribution < -0.4 is 26.0 Å².